The van der Waals surface area contributed by atoms with Crippen LogP contribution in [0.4, 0.5) is 0 Å². The first-order valence-electron chi connectivity index (χ1n) is 9.85. The predicted molar refractivity (Wildman–Crippen MR) is 118 cm³/mol. The maximum absolute atomic E-state index is 13.3. The molecule has 0 saturated carbocycles. The van der Waals surface area contributed by atoms with Gasteiger partial charge < -0.3 is 9.64 Å². The molecule has 3 heterocycles. The van der Waals surface area contributed by atoms with Crippen LogP contribution in [0.25, 0.3) is 11.6 Å². The Balaban J connectivity index is 1.90. The van der Waals surface area contributed by atoms with E-state index in [2.05, 4.69) is 11.1 Å². The van der Waals surface area contributed by atoms with E-state index >= 15 is 0 Å². The number of rotatable bonds is 4. The first kappa shape index (κ1) is 20.7. The van der Waals surface area contributed by atoms with Gasteiger partial charge in [0.05, 0.1) is 30.0 Å². The molecular formula is C23H20N4O3S. The molecule has 4 rings (SSSR count). The molecule has 0 aliphatic carbocycles. The van der Waals surface area contributed by atoms with Gasteiger partial charge in [-0.1, -0.05) is 36.4 Å². The van der Waals surface area contributed by atoms with Crippen LogP contribution >= 0.6 is 11.3 Å². The molecule has 1 fully saturated rings. The van der Waals surface area contributed by atoms with Crippen LogP contribution in [0.3, 0.4) is 0 Å². The van der Waals surface area contributed by atoms with Crippen LogP contribution in [-0.4, -0.2) is 46.7 Å². The molecule has 0 N–H and O–H groups in total. The normalized spacial score (nSPS) is 15.5. The van der Waals surface area contributed by atoms with Crippen LogP contribution in [0.1, 0.15) is 11.3 Å². The summed E-state index contributed by atoms with van der Waals surface area (Å²) in [4.78, 5) is 32.2. The fourth-order valence-corrected chi connectivity index (χ4v) is 4.40. The van der Waals surface area contributed by atoms with Gasteiger partial charge in [-0.25, -0.2) is 0 Å². The Hall–Kier alpha value is -3.54. The maximum atomic E-state index is 13.3. The van der Waals surface area contributed by atoms with E-state index in [1.165, 1.54) is 4.57 Å². The number of morpholine rings is 1. The van der Waals surface area contributed by atoms with Gasteiger partial charge in [0.15, 0.2) is 5.57 Å². The number of hydrogen-bond acceptors (Lipinski definition) is 6. The van der Waals surface area contributed by atoms with Gasteiger partial charge in [-0.15, -0.1) is 11.3 Å². The van der Waals surface area contributed by atoms with Crippen LogP contribution in [0, 0.1) is 11.3 Å². The molecule has 1 aliphatic heterocycles. The van der Waals surface area contributed by atoms with Crippen molar-refractivity contribution in [3.05, 3.63) is 85.5 Å². The van der Waals surface area contributed by atoms with E-state index in [9.17, 15) is 14.9 Å². The molecule has 31 heavy (non-hydrogen) atoms. The zero-order chi connectivity index (χ0) is 21.6. The van der Waals surface area contributed by atoms with Crippen molar-refractivity contribution in [2.24, 2.45) is 0 Å². The minimum Gasteiger partial charge on any atom is -0.378 e. The van der Waals surface area contributed by atoms with Crippen LogP contribution in [0.5, 0.6) is 0 Å². The Morgan fingerprint density at radius 1 is 1.16 bits per heavy atom. The second-order valence-electron chi connectivity index (χ2n) is 6.94. The lowest BCUT2D eigenvalue weighted by Gasteiger charge is -2.26. The van der Waals surface area contributed by atoms with E-state index in [0.29, 0.717) is 41.2 Å². The monoisotopic (exact) mass is 432 g/mol. The van der Waals surface area contributed by atoms with Gasteiger partial charge in [0, 0.05) is 19.3 Å². The van der Waals surface area contributed by atoms with Crippen LogP contribution in [0.15, 0.2) is 59.5 Å². The first-order valence-corrected chi connectivity index (χ1v) is 10.7. The number of aromatic nitrogens is 2. The van der Waals surface area contributed by atoms with Gasteiger partial charge in [-0.3, -0.25) is 19.1 Å². The average Bonchev–Trinajstić information content (AvgIpc) is 3.11. The molecule has 8 heteroatoms. The molecular weight excluding hydrogens is 412 g/mol. The minimum absolute atomic E-state index is 0.0272. The molecule has 0 unspecified atom stereocenters. The second kappa shape index (κ2) is 9.51. The maximum Gasteiger partial charge on any atom is 0.269 e. The number of nitriles is 1. The van der Waals surface area contributed by atoms with E-state index in [1.54, 1.807) is 29.3 Å². The third-order valence-corrected chi connectivity index (χ3v) is 6.03. The van der Waals surface area contributed by atoms with Crippen LogP contribution in [-0.2, 0) is 16.1 Å². The summed E-state index contributed by atoms with van der Waals surface area (Å²) in [5.74, 6) is -0.377. The van der Waals surface area contributed by atoms with E-state index < -0.39 is 0 Å². The van der Waals surface area contributed by atoms with Gasteiger partial charge in [-0.2, -0.15) is 5.26 Å². The van der Waals surface area contributed by atoms with Gasteiger partial charge >= 0.3 is 0 Å². The first-order chi connectivity index (χ1) is 15.2. The number of amides is 1. The summed E-state index contributed by atoms with van der Waals surface area (Å²) >= 11 is 1.14. The topological polar surface area (TPSA) is 88.2 Å². The molecule has 1 saturated heterocycles. The summed E-state index contributed by atoms with van der Waals surface area (Å²) in [6.45, 7) is 1.98. The largest absolute Gasteiger partial charge is 0.378 e. The number of pyridine rings is 1. The number of carbonyl (C=O) groups is 1. The standard InChI is InChI=1S/C23H20N4O3S/c24-15-19(21(28)26-10-12-30-13-11-26)23-27(16-17-6-2-1-3-7-17)22(29)20(31-23)14-18-8-4-5-9-25-18/h1-9,14H,10-13,16H2/b20-14-,23-19+. The molecule has 156 valence electrons. The molecule has 0 radical (unpaired) electrons. The fourth-order valence-electron chi connectivity index (χ4n) is 3.32. The van der Waals surface area contributed by atoms with Crippen molar-refractivity contribution in [2.45, 2.75) is 6.54 Å². The molecule has 0 atom stereocenters. The van der Waals surface area contributed by atoms with Crippen LogP contribution < -0.4 is 14.8 Å². The minimum atomic E-state index is -0.377. The summed E-state index contributed by atoms with van der Waals surface area (Å²) in [6, 6.07) is 17.0. The summed E-state index contributed by atoms with van der Waals surface area (Å²) in [7, 11) is 0. The van der Waals surface area contributed by atoms with Crippen LogP contribution in [0.2, 0.25) is 0 Å². The highest BCUT2D eigenvalue weighted by molar-refractivity contribution is 7.07. The summed E-state index contributed by atoms with van der Waals surface area (Å²) in [5.41, 5.74) is 1.26. The smallest absolute Gasteiger partial charge is 0.269 e. The lowest BCUT2D eigenvalue weighted by molar-refractivity contribution is -0.128. The molecule has 1 amide bonds. The summed E-state index contributed by atoms with van der Waals surface area (Å²) in [6.07, 6.45) is 3.34. The molecule has 1 aromatic carbocycles. The Bertz CT molecular complexity index is 1280. The van der Waals surface area contributed by atoms with Crippen molar-refractivity contribution >= 4 is 28.9 Å². The highest BCUT2D eigenvalue weighted by Crippen LogP contribution is 2.06. The van der Waals surface area contributed by atoms with E-state index in [1.807, 2.05) is 36.4 Å². The SMILES string of the molecule is N#C/C(C(=O)N1CCOCC1)=c1\s/c(=C\c2ccccn2)c(=O)n1Cc1ccccc1. The number of thiazole rings is 1. The number of hydrogen-bond donors (Lipinski definition) is 0. The van der Waals surface area contributed by atoms with E-state index in [4.69, 9.17) is 4.74 Å². The quantitative estimate of drug-likeness (QED) is 0.606. The molecule has 3 aromatic rings. The van der Waals surface area contributed by atoms with Gasteiger partial charge in [0.2, 0.25) is 0 Å². The van der Waals surface area contributed by atoms with Gasteiger partial charge in [0.1, 0.15) is 10.7 Å². The van der Waals surface area contributed by atoms with Gasteiger partial charge in [-0.05, 0) is 23.8 Å². The van der Waals surface area contributed by atoms with Crippen molar-refractivity contribution < 1.29 is 9.53 Å². The Morgan fingerprint density at radius 3 is 2.58 bits per heavy atom. The highest BCUT2D eigenvalue weighted by atomic mass is 32.1. The summed E-state index contributed by atoms with van der Waals surface area (Å²) in [5, 5.41) is 9.86. The molecule has 0 spiro atoms. The third-order valence-electron chi connectivity index (χ3n) is 4.90. The zero-order valence-electron chi connectivity index (χ0n) is 16.7. The molecule has 7 nitrogen and oxygen atoms in total. The van der Waals surface area contributed by atoms with Crippen molar-refractivity contribution in [3.8, 4) is 6.07 Å². The van der Waals surface area contributed by atoms with E-state index in [0.717, 1.165) is 16.9 Å². The zero-order valence-corrected chi connectivity index (χ0v) is 17.5. The highest BCUT2D eigenvalue weighted by Gasteiger charge is 2.23. The predicted octanol–water partition coefficient (Wildman–Crippen LogP) is 0.715. The fraction of sp³-hybridized carbons (Fsp3) is 0.217. The van der Waals surface area contributed by atoms with Crippen molar-refractivity contribution in [1.29, 1.82) is 5.26 Å². The third kappa shape index (κ3) is 4.63. The number of nitrogens with zero attached hydrogens (tertiary/aromatic N) is 4. The average molecular weight is 433 g/mol. The van der Waals surface area contributed by atoms with Crippen molar-refractivity contribution in [1.82, 2.24) is 14.5 Å². The Labute approximate surface area is 182 Å². The summed E-state index contributed by atoms with van der Waals surface area (Å²) < 4.78 is 7.60. The molecule has 1 aliphatic rings. The second-order valence-corrected chi connectivity index (χ2v) is 7.97. The Kier molecular flexibility index (Phi) is 6.36. The lowest BCUT2D eigenvalue weighted by atomic mass is 10.2. The number of ether oxygens (including phenoxy) is 1. The number of carbonyl (C=O) groups excluding carboxylic acids is 1. The van der Waals surface area contributed by atoms with Crippen molar-refractivity contribution in [3.63, 3.8) is 0 Å². The van der Waals surface area contributed by atoms with Crippen molar-refractivity contribution in [2.75, 3.05) is 26.3 Å². The lowest BCUT2D eigenvalue weighted by Crippen LogP contribution is -2.43. The molecule has 2 aromatic heterocycles. The van der Waals surface area contributed by atoms with Gasteiger partial charge in [0.25, 0.3) is 11.5 Å². The number of benzene rings is 1. The molecule has 0 bridgehead atoms. The Morgan fingerprint density at radius 2 is 1.90 bits per heavy atom. The van der Waals surface area contributed by atoms with E-state index in [-0.39, 0.29) is 23.6 Å².